The van der Waals surface area contributed by atoms with Gasteiger partial charge in [-0.25, -0.2) is 9.18 Å². The van der Waals surface area contributed by atoms with E-state index in [2.05, 4.69) is 10.6 Å². The number of amides is 4. The molecule has 2 heterocycles. The van der Waals surface area contributed by atoms with E-state index >= 15 is 0 Å². The van der Waals surface area contributed by atoms with E-state index in [9.17, 15) is 23.6 Å². The Labute approximate surface area is 200 Å². The molecule has 180 valence electrons. The van der Waals surface area contributed by atoms with Crippen LogP contribution in [0.15, 0.2) is 41.8 Å². The van der Waals surface area contributed by atoms with Gasteiger partial charge < -0.3 is 15.4 Å². The summed E-state index contributed by atoms with van der Waals surface area (Å²) in [7, 11) is 0. The lowest BCUT2D eigenvalue weighted by molar-refractivity contribution is -0.149. The first-order chi connectivity index (χ1) is 16.4. The molecule has 1 aromatic heterocycles. The third-order valence-electron chi connectivity index (χ3n) is 6.19. The van der Waals surface area contributed by atoms with Gasteiger partial charge in [0, 0.05) is 11.4 Å². The number of thiophene rings is 1. The summed E-state index contributed by atoms with van der Waals surface area (Å²) in [6.07, 6.45) is 3.81. The van der Waals surface area contributed by atoms with Crippen LogP contribution in [-0.2, 0) is 19.1 Å². The lowest BCUT2D eigenvalue weighted by Gasteiger charge is -2.30. The first-order valence-corrected chi connectivity index (χ1v) is 12.1. The summed E-state index contributed by atoms with van der Waals surface area (Å²) in [6, 6.07) is 8.50. The van der Waals surface area contributed by atoms with Crippen molar-refractivity contribution in [2.75, 3.05) is 13.2 Å². The zero-order valence-electron chi connectivity index (χ0n) is 18.6. The highest BCUT2D eigenvalue weighted by Crippen LogP contribution is 2.33. The van der Waals surface area contributed by atoms with Gasteiger partial charge in [-0.3, -0.25) is 19.3 Å². The minimum Gasteiger partial charge on any atom is -0.456 e. The van der Waals surface area contributed by atoms with E-state index in [4.69, 9.17) is 4.74 Å². The predicted octanol–water partition coefficient (Wildman–Crippen LogP) is 3.28. The van der Waals surface area contributed by atoms with Crippen molar-refractivity contribution in [3.63, 3.8) is 0 Å². The molecule has 1 unspecified atom stereocenters. The van der Waals surface area contributed by atoms with Crippen molar-refractivity contribution in [1.29, 1.82) is 0 Å². The van der Waals surface area contributed by atoms with Gasteiger partial charge in [0.15, 0.2) is 6.61 Å². The van der Waals surface area contributed by atoms with Gasteiger partial charge in [0.05, 0.1) is 12.5 Å². The molecule has 1 aromatic carbocycles. The number of benzene rings is 1. The van der Waals surface area contributed by atoms with Gasteiger partial charge in [0.25, 0.3) is 11.8 Å². The number of carbonyl (C=O) groups excluding carboxylic acids is 4. The van der Waals surface area contributed by atoms with Crippen molar-refractivity contribution in [1.82, 2.24) is 15.5 Å². The minimum absolute atomic E-state index is 0.0970. The average molecular weight is 488 g/mol. The lowest BCUT2D eigenvalue weighted by Crippen LogP contribution is -2.48. The lowest BCUT2D eigenvalue weighted by atomic mass is 9.82. The second-order valence-electron chi connectivity index (χ2n) is 8.51. The molecule has 1 aliphatic carbocycles. The standard InChI is InChI=1S/C24H26FN3O5S/c25-17-8-6-16(7-9-17)21(18-5-4-14-34-18)26-19(29)15-33-20(30)10-13-28-22(31)24(27-23(28)32)11-2-1-3-12-24/h4-9,14,21H,1-3,10-13,15H2,(H,26,29)(H,27,32). The second-order valence-corrected chi connectivity index (χ2v) is 9.49. The Morgan fingerprint density at radius 1 is 1.15 bits per heavy atom. The van der Waals surface area contributed by atoms with Crippen LogP contribution in [0, 0.1) is 5.82 Å². The van der Waals surface area contributed by atoms with Gasteiger partial charge in [-0.1, -0.05) is 37.5 Å². The molecule has 1 spiro atoms. The largest absolute Gasteiger partial charge is 0.456 e. The summed E-state index contributed by atoms with van der Waals surface area (Å²) in [5.74, 6) is -1.88. The summed E-state index contributed by atoms with van der Waals surface area (Å²) >= 11 is 1.44. The molecule has 8 nitrogen and oxygen atoms in total. The van der Waals surface area contributed by atoms with Crippen LogP contribution in [0.2, 0.25) is 0 Å². The average Bonchev–Trinajstić information content (AvgIpc) is 3.44. The molecule has 1 saturated heterocycles. The summed E-state index contributed by atoms with van der Waals surface area (Å²) in [4.78, 5) is 51.6. The molecule has 2 N–H and O–H groups in total. The molecule has 0 radical (unpaired) electrons. The molecule has 2 aliphatic rings. The Balaban J connectivity index is 1.28. The number of nitrogens with one attached hydrogen (secondary N) is 2. The monoisotopic (exact) mass is 487 g/mol. The molecule has 2 fully saturated rings. The fraction of sp³-hybridized carbons (Fsp3) is 0.417. The van der Waals surface area contributed by atoms with Gasteiger partial charge in [-0.05, 0) is 42.0 Å². The number of hydrogen-bond acceptors (Lipinski definition) is 6. The van der Waals surface area contributed by atoms with Crippen molar-refractivity contribution >= 4 is 35.2 Å². The van der Waals surface area contributed by atoms with Crippen LogP contribution in [0.5, 0.6) is 0 Å². The van der Waals surface area contributed by atoms with Crippen LogP contribution in [0.4, 0.5) is 9.18 Å². The highest BCUT2D eigenvalue weighted by Gasteiger charge is 2.51. The van der Waals surface area contributed by atoms with Crippen LogP contribution in [0.1, 0.15) is 55.0 Å². The molecule has 1 atom stereocenters. The Morgan fingerprint density at radius 3 is 2.56 bits per heavy atom. The Hall–Kier alpha value is -3.27. The van der Waals surface area contributed by atoms with Crippen LogP contribution < -0.4 is 10.6 Å². The van der Waals surface area contributed by atoms with E-state index in [-0.39, 0.29) is 24.7 Å². The van der Waals surface area contributed by atoms with Crippen molar-refractivity contribution in [3.05, 3.63) is 58.0 Å². The van der Waals surface area contributed by atoms with Crippen LogP contribution >= 0.6 is 11.3 Å². The van der Waals surface area contributed by atoms with Gasteiger partial charge in [0.1, 0.15) is 11.4 Å². The molecular formula is C24H26FN3O5S. The topological polar surface area (TPSA) is 105 Å². The van der Waals surface area contributed by atoms with Crippen molar-refractivity contribution in [3.8, 4) is 0 Å². The maximum absolute atomic E-state index is 13.3. The van der Waals surface area contributed by atoms with Crippen LogP contribution in [-0.4, -0.2) is 47.4 Å². The molecule has 4 rings (SSSR count). The maximum atomic E-state index is 13.3. The zero-order chi connectivity index (χ0) is 24.1. The normalized spacial score (nSPS) is 18.0. The highest BCUT2D eigenvalue weighted by molar-refractivity contribution is 7.10. The number of esters is 1. The quantitative estimate of drug-likeness (QED) is 0.439. The maximum Gasteiger partial charge on any atom is 0.325 e. The number of urea groups is 1. The number of nitrogens with zero attached hydrogens (tertiary/aromatic N) is 1. The van der Waals surface area contributed by atoms with Crippen LogP contribution in [0.25, 0.3) is 0 Å². The van der Waals surface area contributed by atoms with E-state index in [1.165, 1.54) is 23.5 Å². The third-order valence-corrected chi connectivity index (χ3v) is 7.13. The Bertz CT molecular complexity index is 1050. The van der Waals surface area contributed by atoms with E-state index in [0.29, 0.717) is 18.4 Å². The van der Waals surface area contributed by atoms with Gasteiger partial charge in [-0.2, -0.15) is 0 Å². The van der Waals surface area contributed by atoms with E-state index in [0.717, 1.165) is 29.0 Å². The van der Waals surface area contributed by atoms with Crippen molar-refractivity contribution < 1.29 is 28.3 Å². The molecule has 1 aliphatic heterocycles. The highest BCUT2D eigenvalue weighted by atomic mass is 32.1. The molecule has 4 amide bonds. The number of halogens is 1. The molecule has 10 heteroatoms. The van der Waals surface area contributed by atoms with Crippen LogP contribution in [0.3, 0.4) is 0 Å². The van der Waals surface area contributed by atoms with Gasteiger partial charge >= 0.3 is 12.0 Å². The summed E-state index contributed by atoms with van der Waals surface area (Å²) in [6.45, 7) is -0.605. The molecule has 1 saturated carbocycles. The smallest absolute Gasteiger partial charge is 0.325 e. The molecule has 0 bridgehead atoms. The first kappa shape index (κ1) is 23.9. The zero-order valence-corrected chi connectivity index (χ0v) is 19.4. The van der Waals surface area contributed by atoms with E-state index in [1.807, 2.05) is 17.5 Å². The summed E-state index contributed by atoms with van der Waals surface area (Å²) < 4.78 is 18.4. The summed E-state index contributed by atoms with van der Waals surface area (Å²) in [5, 5.41) is 7.47. The fourth-order valence-corrected chi connectivity index (χ4v) is 5.23. The first-order valence-electron chi connectivity index (χ1n) is 11.3. The SMILES string of the molecule is O=C(COC(=O)CCN1C(=O)NC2(CCCCC2)C1=O)NC(c1ccc(F)cc1)c1cccs1. The number of carbonyl (C=O) groups is 4. The van der Waals surface area contributed by atoms with Crippen molar-refractivity contribution in [2.24, 2.45) is 0 Å². The molecule has 2 aromatic rings. The fourth-order valence-electron chi connectivity index (χ4n) is 4.43. The second kappa shape index (κ2) is 10.3. The molecular weight excluding hydrogens is 461 g/mol. The third kappa shape index (κ3) is 5.27. The Morgan fingerprint density at radius 2 is 1.88 bits per heavy atom. The number of hydrogen-bond donors (Lipinski definition) is 2. The van der Waals surface area contributed by atoms with E-state index in [1.54, 1.807) is 12.1 Å². The van der Waals surface area contributed by atoms with E-state index < -0.39 is 36.1 Å². The number of imide groups is 1. The number of rotatable bonds is 8. The van der Waals surface area contributed by atoms with Crippen molar-refractivity contribution in [2.45, 2.75) is 50.1 Å². The summed E-state index contributed by atoms with van der Waals surface area (Å²) in [5.41, 5.74) is -0.144. The Kier molecular flexibility index (Phi) is 7.26. The van der Waals surface area contributed by atoms with Gasteiger partial charge in [-0.15, -0.1) is 11.3 Å². The predicted molar refractivity (Wildman–Crippen MR) is 122 cm³/mol. The minimum atomic E-state index is -0.837. The van der Waals surface area contributed by atoms with Gasteiger partial charge in [0.2, 0.25) is 0 Å². The molecule has 34 heavy (non-hydrogen) atoms. The number of ether oxygens (including phenoxy) is 1.